The Morgan fingerprint density at radius 1 is 0.952 bits per heavy atom. The van der Waals surface area contributed by atoms with Crippen LogP contribution in [-0.2, 0) is 12.8 Å². The summed E-state index contributed by atoms with van der Waals surface area (Å²) in [5, 5.41) is 0. The van der Waals surface area contributed by atoms with Crippen LogP contribution in [0, 0.1) is 5.92 Å². The van der Waals surface area contributed by atoms with E-state index in [1.54, 1.807) is 0 Å². The molecule has 112 valence electrons. The van der Waals surface area contributed by atoms with Gasteiger partial charge < -0.3 is 0 Å². The normalized spacial score (nSPS) is 12.6. The molecule has 2 heteroatoms. The summed E-state index contributed by atoms with van der Waals surface area (Å²) in [6.07, 6.45) is 2.16. The second-order valence-electron chi connectivity index (χ2n) is 6.04. The van der Waals surface area contributed by atoms with Gasteiger partial charge in [-0.3, -0.25) is 5.84 Å². The number of benzene rings is 2. The summed E-state index contributed by atoms with van der Waals surface area (Å²) in [5.74, 6) is 6.47. The molecule has 1 atom stereocenters. The predicted octanol–water partition coefficient (Wildman–Crippen LogP) is 4.00. The van der Waals surface area contributed by atoms with Crippen LogP contribution >= 0.6 is 0 Å². The smallest absolute Gasteiger partial charge is 0.0710 e. The molecule has 2 aromatic carbocycles. The molecule has 0 bridgehead atoms. The number of aryl methyl sites for hydroxylation is 1. The van der Waals surface area contributed by atoms with Crippen molar-refractivity contribution in [2.45, 2.75) is 39.7 Å². The minimum absolute atomic E-state index is 0.0445. The molecule has 0 heterocycles. The monoisotopic (exact) mass is 282 g/mol. The van der Waals surface area contributed by atoms with Gasteiger partial charge in [-0.1, -0.05) is 69.3 Å². The van der Waals surface area contributed by atoms with Crippen molar-refractivity contribution in [1.29, 1.82) is 0 Å². The number of nitrogens with two attached hydrogens (primary N) is 1. The average Bonchev–Trinajstić information content (AvgIpc) is 2.48. The van der Waals surface area contributed by atoms with Crippen LogP contribution in [0.1, 0.15) is 49.1 Å². The SMILES string of the molecule is CCc1ccc(C(NN)c2cccc(CC(C)C)c2)cc1. The van der Waals surface area contributed by atoms with E-state index in [2.05, 4.69) is 74.7 Å². The molecule has 2 aromatic rings. The lowest BCUT2D eigenvalue weighted by atomic mass is 9.94. The summed E-state index contributed by atoms with van der Waals surface area (Å²) in [7, 11) is 0. The van der Waals surface area contributed by atoms with Crippen molar-refractivity contribution >= 4 is 0 Å². The van der Waals surface area contributed by atoms with Gasteiger partial charge in [0.15, 0.2) is 0 Å². The van der Waals surface area contributed by atoms with Crippen LogP contribution in [0.25, 0.3) is 0 Å². The molecule has 0 aliphatic heterocycles. The van der Waals surface area contributed by atoms with Gasteiger partial charge in [0, 0.05) is 0 Å². The minimum atomic E-state index is 0.0445. The lowest BCUT2D eigenvalue weighted by Crippen LogP contribution is -2.28. The van der Waals surface area contributed by atoms with Crippen molar-refractivity contribution in [3.8, 4) is 0 Å². The highest BCUT2D eigenvalue weighted by molar-refractivity contribution is 5.35. The van der Waals surface area contributed by atoms with Crippen molar-refractivity contribution in [3.05, 3.63) is 70.8 Å². The first-order chi connectivity index (χ1) is 10.1. The van der Waals surface area contributed by atoms with E-state index >= 15 is 0 Å². The van der Waals surface area contributed by atoms with E-state index in [-0.39, 0.29) is 6.04 Å². The van der Waals surface area contributed by atoms with Gasteiger partial charge in [0.25, 0.3) is 0 Å². The maximum absolute atomic E-state index is 5.81. The van der Waals surface area contributed by atoms with Crippen molar-refractivity contribution in [1.82, 2.24) is 5.43 Å². The van der Waals surface area contributed by atoms with Gasteiger partial charge in [-0.15, -0.1) is 0 Å². The molecule has 0 saturated carbocycles. The van der Waals surface area contributed by atoms with E-state index in [9.17, 15) is 0 Å². The van der Waals surface area contributed by atoms with E-state index in [0.29, 0.717) is 5.92 Å². The van der Waals surface area contributed by atoms with E-state index in [0.717, 1.165) is 12.8 Å². The zero-order chi connectivity index (χ0) is 15.2. The number of hydrogen-bond acceptors (Lipinski definition) is 2. The Balaban J connectivity index is 2.27. The Kier molecular flexibility index (Phi) is 5.54. The molecule has 0 radical (unpaired) electrons. The average molecular weight is 282 g/mol. The largest absolute Gasteiger partial charge is 0.271 e. The number of nitrogens with one attached hydrogen (secondary N) is 1. The zero-order valence-corrected chi connectivity index (χ0v) is 13.3. The second-order valence-corrected chi connectivity index (χ2v) is 6.04. The highest BCUT2D eigenvalue weighted by Gasteiger charge is 2.13. The fraction of sp³-hybridized carbons (Fsp3) is 0.368. The lowest BCUT2D eigenvalue weighted by molar-refractivity contribution is 0.627. The third-order valence-corrected chi connectivity index (χ3v) is 3.82. The van der Waals surface area contributed by atoms with E-state index in [1.165, 1.54) is 22.3 Å². The highest BCUT2D eigenvalue weighted by Crippen LogP contribution is 2.23. The first kappa shape index (κ1) is 15.7. The van der Waals surface area contributed by atoms with Crippen molar-refractivity contribution in [2.24, 2.45) is 11.8 Å². The first-order valence-corrected chi connectivity index (χ1v) is 7.77. The molecule has 0 spiro atoms. The molecule has 3 N–H and O–H groups in total. The highest BCUT2D eigenvalue weighted by atomic mass is 15.2. The summed E-state index contributed by atoms with van der Waals surface area (Å²) in [6, 6.07) is 17.4. The summed E-state index contributed by atoms with van der Waals surface area (Å²) >= 11 is 0. The van der Waals surface area contributed by atoms with Gasteiger partial charge in [0.1, 0.15) is 0 Å². The Morgan fingerprint density at radius 3 is 2.24 bits per heavy atom. The van der Waals surface area contributed by atoms with Gasteiger partial charge in [-0.25, -0.2) is 5.43 Å². The molecular formula is C19H26N2. The lowest BCUT2D eigenvalue weighted by Gasteiger charge is -2.18. The van der Waals surface area contributed by atoms with Gasteiger partial charge in [-0.2, -0.15) is 0 Å². The van der Waals surface area contributed by atoms with Gasteiger partial charge in [-0.05, 0) is 41.0 Å². The fourth-order valence-electron chi connectivity index (χ4n) is 2.70. The van der Waals surface area contributed by atoms with Crippen molar-refractivity contribution < 1.29 is 0 Å². The number of hydrogen-bond donors (Lipinski definition) is 2. The molecular weight excluding hydrogens is 256 g/mol. The Labute approximate surface area is 128 Å². The van der Waals surface area contributed by atoms with Crippen molar-refractivity contribution in [3.63, 3.8) is 0 Å². The van der Waals surface area contributed by atoms with E-state index in [1.807, 2.05) is 0 Å². The summed E-state index contributed by atoms with van der Waals surface area (Å²) in [4.78, 5) is 0. The zero-order valence-electron chi connectivity index (χ0n) is 13.3. The molecule has 0 aliphatic rings. The third-order valence-electron chi connectivity index (χ3n) is 3.82. The molecule has 0 amide bonds. The first-order valence-electron chi connectivity index (χ1n) is 7.77. The van der Waals surface area contributed by atoms with Crippen LogP contribution in [-0.4, -0.2) is 0 Å². The molecule has 2 rings (SSSR count). The third kappa shape index (κ3) is 4.16. The van der Waals surface area contributed by atoms with Gasteiger partial charge in [0.2, 0.25) is 0 Å². The Hall–Kier alpha value is -1.64. The van der Waals surface area contributed by atoms with Crippen LogP contribution < -0.4 is 11.3 Å². The molecule has 2 nitrogen and oxygen atoms in total. The maximum atomic E-state index is 5.81. The fourth-order valence-corrected chi connectivity index (χ4v) is 2.70. The van der Waals surface area contributed by atoms with Crippen LogP contribution in [0.15, 0.2) is 48.5 Å². The maximum Gasteiger partial charge on any atom is 0.0710 e. The van der Waals surface area contributed by atoms with Crippen LogP contribution in [0.3, 0.4) is 0 Å². The second kappa shape index (κ2) is 7.39. The minimum Gasteiger partial charge on any atom is -0.271 e. The Bertz CT molecular complexity index is 558. The molecule has 21 heavy (non-hydrogen) atoms. The standard InChI is InChI=1S/C19H26N2/c1-4-15-8-10-17(11-9-15)19(21-20)18-7-5-6-16(13-18)12-14(2)3/h5-11,13-14,19,21H,4,12,20H2,1-3H3. The van der Waals surface area contributed by atoms with Gasteiger partial charge in [0.05, 0.1) is 6.04 Å². The topological polar surface area (TPSA) is 38.0 Å². The number of hydrazine groups is 1. The van der Waals surface area contributed by atoms with E-state index in [4.69, 9.17) is 5.84 Å². The predicted molar refractivity (Wildman–Crippen MR) is 90.0 cm³/mol. The van der Waals surface area contributed by atoms with Crippen molar-refractivity contribution in [2.75, 3.05) is 0 Å². The summed E-state index contributed by atoms with van der Waals surface area (Å²) in [6.45, 7) is 6.66. The van der Waals surface area contributed by atoms with Crippen LogP contribution in [0.2, 0.25) is 0 Å². The summed E-state index contributed by atoms with van der Waals surface area (Å²) < 4.78 is 0. The molecule has 1 unspecified atom stereocenters. The number of rotatable bonds is 6. The molecule has 0 aromatic heterocycles. The Morgan fingerprint density at radius 2 is 1.67 bits per heavy atom. The summed E-state index contributed by atoms with van der Waals surface area (Å²) in [5.41, 5.74) is 8.10. The van der Waals surface area contributed by atoms with Crippen LogP contribution in [0.5, 0.6) is 0 Å². The molecule has 0 fully saturated rings. The van der Waals surface area contributed by atoms with Gasteiger partial charge >= 0.3 is 0 Å². The van der Waals surface area contributed by atoms with Crippen LogP contribution in [0.4, 0.5) is 0 Å². The van der Waals surface area contributed by atoms with E-state index < -0.39 is 0 Å². The quantitative estimate of drug-likeness (QED) is 0.621. The molecule has 0 aliphatic carbocycles. The molecule has 0 saturated heterocycles.